The minimum absolute atomic E-state index is 0.296. The molecule has 20 heavy (non-hydrogen) atoms. The fourth-order valence-corrected chi connectivity index (χ4v) is 3.74. The van der Waals surface area contributed by atoms with Crippen molar-refractivity contribution in [2.75, 3.05) is 0 Å². The third-order valence-electron chi connectivity index (χ3n) is 3.31. The predicted octanol–water partition coefficient (Wildman–Crippen LogP) is 3.52. The van der Waals surface area contributed by atoms with Crippen LogP contribution in [0.5, 0.6) is 0 Å². The van der Waals surface area contributed by atoms with Crippen molar-refractivity contribution in [2.24, 2.45) is 0 Å². The van der Waals surface area contributed by atoms with E-state index in [2.05, 4.69) is 0 Å². The molecule has 0 spiro atoms. The molecule has 2 aromatic carbocycles. The number of ether oxygens (including phenoxy) is 1. The van der Waals surface area contributed by atoms with E-state index in [0.29, 0.717) is 9.92 Å². The molecule has 1 aliphatic heterocycles. The maximum atomic E-state index is 12.4. The van der Waals surface area contributed by atoms with Gasteiger partial charge >= 0.3 is 0 Å². The Kier molecular flexibility index (Phi) is 3.32. The van der Waals surface area contributed by atoms with Crippen molar-refractivity contribution >= 4 is 21.4 Å². The normalized spacial score (nSPS) is 21.7. The predicted molar refractivity (Wildman–Crippen MR) is 77.4 cm³/mol. The number of halogens is 1. The molecule has 104 valence electrons. The first-order chi connectivity index (χ1) is 9.48. The molecule has 2 atom stereocenters. The first kappa shape index (κ1) is 13.6. The Balaban J connectivity index is 1.84. The summed E-state index contributed by atoms with van der Waals surface area (Å²) in [5, 5.41) is 0.618. The maximum Gasteiger partial charge on any atom is 0.208 e. The van der Waals surface area contributed by atoms with Gasteiger partial charge in [0.25, 0.3) is 0 Å². The highest BCUT2D eigenvalue weighted by Gasteiger charge is 2.50. The lowest BCUT2D eigenvalue weighted by molar-refractivity contribution is 0.399. The minimum atomic E-state index is -3.45. The van der Waals surface area contributed by atoms with E-state index >= 15 is 0 Å². The van der Waals surface area contributed by atoms with Gasteiger partial charge in [-0.05, 0) is 36.8 Å². The Hall–Kier alpha value is -1.36. The van der Waals surface area contributed by atoms with Crippen molar-refractivity contribution < 1.29 is 13.2 Å². The third-order valence-corrected chi connectivity index (χ3v) is 5.46. The van der Waals surface area contributed by atoms with Crippen LogP contribution in [-0.2, 0) is 14.6 Å². The second-order valence-corrected chi connectivity index (χ2v) is 7.30. The van der Waals surface area contributed by atoms with Crippen LogP contribution in [-0.4, -0.2) is 13.9 Å². The standard InChI is InChI=1S/C15H13ClO3S/c1-10-2-8-13(9-3-10)20(17,18)15-14(19-15)11-4-6-12(16)7-5-11/h2-9,14-15H,1H3. The van der Waals surface area contributed by atoms with E-state index in [9.17, 15) is 8.42 Å². The van der Waals surface area contributed by atoms with Gasteiger partial charge in [0.2, 0.25) is 9.84 Å². The Morgan fingerprint density at radius 2 is 1.60 bits per heavy atom. The summed E-state index contributed by atoms with van der Waals surface area (Å²) in [5.74, 6) is 0. The molecule has 0 saturated carbocycles. The van der Waals surface area contributed by atoms with Crippen molar-refractivity contribution in [3.63, 3.8) is 0 Å². The van der Waals surface area contributed by atoms with Gasteiger partial charge in [0, 0.05) is 5.02 Å². The van der Waals surface area contributed by atoms with Crippen LogP contribution in [0.2, 0.25) is 5.02 Å². The van der Waals surface area contributed by atoms with Crippen molar-refractivity contribution in [3.8, 4) is 0 Å². The number of aryl methyl sites for hydroxylation is 1. The summed E-state index contributed by atoms with van der Waals surface area (Å²) in [7, 11) is -3.45. The highest BCUT2D eigenvalue weighted by molar-refractivity contribution is 7.92. The Bertz CT molecular complexity index is 721. The van der Waals surface area contributed by atoms with Gasteiger partial charge in [0.1, 0.15) is 6.10 Å². The van der Waals surface area contributed by atoms with Crippen LogP contribution < -0.4 is 0 Å². The monoisotopic (exact) mass is 308 g/mol. The Morgan fingerprint density at radius 3 is 2.20 bits per heavy atom. The van der Waals surface area contributed by atoms with Crippen LogP contribution in [0.15, 0.2) is 53.4 Å². The summed E-state index contributed by atoms with van der Waals surface area (Å²) in [6.07, 6.45) is -0.404. The van der Waals surface area contributed by atoms with Crippen LogP contribution in [0.25, 0.3) is 0 Å². The van der Waals surface area contributed by atoms with Gasteiger partial charge in [0.05, 0.1) is 4.90 Å². The molecule has 3 nitrogen and oxygen atoms in total. The van der Waals surface area contributed by atoms with Gasteiger partial charge < -0.3 is 4.74 Å². The van der Waals surface area contributed by atoms with E-state index in [0.717, 1.165) is 11.1 Å². The minimum Gasteiger partial charge on any atom is -0.347 e. The fourth-order valence-electron chi connectivity index (χ4n) is 2.09. The molecule has 0 aliphatic carbocycles. The van der Waals surface area contributed by atoms with E-state index in [-0.39, 0.29) is 0 Å². The SMILES string of the molecule is Cc1ccc(S(=O)(=O)C2OC2c2ccc(Cl)cc2)cc1. The molecule has 1 fully saturated rings. The van der Waals surface area contributed by atoms with E-state index in [1.807, 2.05) is 6.92 Å². The molecule has 0 bridgehead atoms. The molecule has 1 saturated heterocycles. The van der Waals surface area contributed by atoms with Gasteiger partial charge in [-0.25, -0.2) is 8.42 Å². The summed E-state index contributed by atoms with van der Waals surface area (Å²) in [6.45, 7) is 1.92. The van der Waals surface area contributed by atoms with Gasteiger partial charge in [-0.15, -0.1) is 0 Å². The number of rotatable bonds is 3. The van der Waals surface area contributed by atoms with Gasteiger partial charge in [0.15, 0.2) is 5.44 Å². The van der Waals surface area contributed by atoms with Crippen molar-refractivity contribution in [1.82, 2.24) is 0 Å². The smallest absolute Gasteiger partial charge is 0.208 e. The lowest BCUT2D eigenvalue weighted by Crippen LogP contribution is -2.09. The maximum absolute atomic E-state index is 12.4. The molecule has 1 aliphatic rings. The largest absolute Gasteiger partial charge is 0.347 e. The van der Waals surface area contributed by atoms with Crippen LogP contribution in [0, 0.1) is 6.92 Å². The van der Waals surface area contributed by atoms with Gasteiger partial charge in [-0.3, -0.25) is 0 Å². The molecular formula is C15H13ClO3S. The van der Waals surface area contributed by atoms with Crippen LogP contribution in [0.3, 0.4) is 0 Å². The highest BCUT2D eigenvalue weighted by atomic mass is 35.5. The first-order valence-electron chi connectivity index (χ1n) is 6.20. The number of benzene rings is 2. The fraction of sp³-hybridized carbons (Fsp3) is 0.200. The Morgan fingerprint density at radius 1 is 1.00 bits per heavy atom. The quantitative estimate of drug-likeness (QED) is 0.815. The summed E-state index contributed by atoms with van der Waals surface area (Å²) in [5.41, 5.74) is 1.05. The number of hydrogen-bond acceptors (Lipinski definition) is 3. The van der Waals surface area contributed by atoms with Crippen LogP contribution in [0.1, 0.15) is 17.2 Å². The molecule has 0 radical (unpaired) electrons. The zero-order chi connectivity index (χ0) is 14.3. The summed E-state index contributed by atoms with van der Waals surface area (Å²) in [6, 6.07) is 13.8. The van der Waals surface area contributed by atoms with Crippen molar-refractivity contribution in [2.45, 2.75) is 23.4 Å². The molecule has 0 amide bonds. The molecule has 2 unspecified atom stereocenters. The zero-order valence-electron chi connectivity index (χ0n) is 10.8. The van der Waals surface area contributed by atoms with Gasteiger partial charge in [-0.1, -0.05) is 41.4 Å². The molecule has 1 heterocycles. The third kappa shape index (κ3) is 2.46. The van der Waals surface area contributed by atoms with E-state index < -0.39 is 21.4 Å². The average Bonchev–Trinajstić information content (AvgIpc) is 3.21. The topological polar surface area (TPSA) is 46.7 Å². The van der Waals surface area contributed by atoms with E-state index in [1.54, 1.807) is 48.5 Å². The lowest BCUT2D eigenvalue weighted by atomic mass is 10.2. The Labute approximate surface area is 123 Å². The second kappa shape index (κ2) is 4.88. The van der Waals surface area contributed by atoms with Crippen molar-refractivity contribution in [3.05, 3.63) is 64.7 Å². The van der Waals surface area contributed by atoms with Crippen LogP contribution >= 0.6 is 11.6 Å². The molecule has 0 N–H and O–H groups in total. The van der Waals surface area contributed by atoms with E-state index in [4.69, 9.17) is 16.3 Å². The second-order valence-electron chi connectivity index (χ2n) is 4.83. The first-order valence-corrected chi connectivity index (χ1v) is 8.12. The zero-order valence-corrected chi connectivity index (χ0v) is 12.4. The van der Waals surface area contributed by atoms with Crippen LogP contribution in [0.4, 0.5) is 0 Å². The average molecular weight is 309 g/mol. The molecule has 5 heteroatoms. The molecular weight excluding hydrogens is 296 g/mol. The molecule has 2 aromatic rings. The molecule has 0 aromatic heterocycles. The molecule has 3 rings (SSSR count). The summed E-state index contributed by atoms with van der Waals surface area (Å²) in [4.78, 5) is 0.296. The summed E-state index contributed by atoms with van der Waals surface area (Å²) < 4.78 is 30.2. The number of hydrogen-bond donors (Lipinski definition) is 0. The lowest BCUT2D eigenvalue weighted by Gasteiger charge is -2.02. The number of sulfone groups is 1. The number of epoxide rings is 1. The van der Waals surface area contributed by atoms with Gasteiger partial charge in [-0.2, -0.15) is 0 Å². The summed E-state index contributed by atoms with van der Waals surface area (Å²) >= 11 is 5.81. The van der Waals surface area contributed by atoms with E-state index in [1.165, 1.54) is 0 Å². The van der Waals surface area contributed by atoms with Crippen molar-refractivity contribution in [1.29, 1.82) is 0 Å². The highest BCUT2D eigenvalue weighted by Crippen LogP contribution is 2.44.